The first-order valence-electron chi connectivity index (χ1n) is 11.8. The van der Waals surface area contributed by atoms with Crippen molar-refractivity contribution in [3.05, 3.63) is 82.6 Å². The molecule has 2 aromatic carbocycles. The van der Waals surface area contributed by atoms with E-state index in [9.17, 15) is 14.7 Å². The van der Waals surface area contributed by atoms with Crippen LogP contribution in [0.3, 0.4) is 0 Å². The van der Waals surface area contributed by atoms with Gasteiger partial charge >= 0.3 is 5.97 Å². The molecule has 0 amide bonds. The third kappa shape index (κ3) is 3.13. The van der Waals surface area contributed by atoms with Crippen molar-refractivity contribution in [2.45, 2.75) is 58.0 Å². The summed E-state index contributed by atoms with van der Waals surface area (Å²) >= 11 is 0. The fourth-order valence-electron chi connectivity index (χ4n) is 5.39. The molecule has 0 radical (unpaired) electrons. The second-order valence-corrected chi connectivity index (χ2v) is 9.19. The number of hydrogen-bond acceptors (Lipinski definition) is 5. The number of rotatable bonds is 6. The molecule has 5 rings (SSSR count). The van der Waals surface area contributed by atoms with Crippen LogP contribution in [-0.2, 0) is 15.1 Å². The predicted octanol–water partition coefficient (Wildman–Crippen LogP) is 5.96. The SMILES string of the molecule is CCCCC1(CCCC)C=C2C(=CC1=O)Oc1cc(O)ccc1C21OC(=O)c2ccccc21. The fraction of sp³-hybridized carbons (Fsp3) is 0.357. The van der Waals surface area contributed by atoms with Crippen molar-refractivity contribution < 1.29 is 24.2 Å². The van der Waals surface area contributed by atoms with Crippen molar-refractivity contribution in [3.63, 3.8) is 0 Å². The quantitative estimate of drug-likeness (QED) is 0.557. The Morgan fingerprint density at radius 3 is 2.39 bits per heavy atom. The summed E-state index contributed by atoms with van der Waals surface area (Å²) in [5, 5.41) is 10.1. The van der Waals surface area contributed by atoms with Crippen LogP contribution in [0.4, 0.5) is 0 Å². The molecular formula is C28H28O5. The minimum Gasteiger partial charge on any atom is -0.508 e. The molecule has 1 aliphatic carbocycles. The number of ether oxygens (including phenoxy) is 2. The van der Waals surface area contributed by atoms with Crippen LogP contribution in [0.5, 0.6) is 11.5 Å². The minimum atomic E-state index is -1.22. The molecule has 5 nitrogen and oxygen atoms in total. The number of allylic oxidation sites excluding steroid dienone is 2. The number of unbranched alkanes of at least 4 members (excludes halogenated alkanes) is 2. The van der Waals surface area contributed by atoms with Crippen molar-refractivity contribution >= 4 is 11.8 Å². The summed E-state index contributed by atoms with van der Waals surface area (Å²) in [5.41, 5.74) is 0.715. The normalized spacial score (nSPS) is 22.0. The van der Waals surface area contributed by atoms with Gasteiger partial charge in [0.1, 0.15) is 17.3 Å². The first-order valence-corrected chi connectivity index (χ1v) is 11.8. The molecule has 2 aliphatic heterocycles. The maximum Gasteiger partial charge on any atom is 0.340 e. The van der Waals surface area contributed by atoms with Crippen LogP contribution in [-0.4, -0.2) is 16.9 Å². The lowest BCUT2D eigenvalue weighted by atomic mass is 9.66. The van der Waals surface area contributed by atoms with Crippen molar-refractivity contribution in [1.29, 1.82) is 0 Å². The number of carbonyl (C=O) groups excluding carboxylic acids is 2. The van der Waals surface area contributed by atoms with Crippen molar-refractivity contribution in [1.82, 2.24) is 0 Å². The third-order valence-corrected chi connectivity index (χ3v) is 7.11. The highest BCUT2D eigenvalue weighted by Crippen LogP contribution is 2.58. The number of phenols is 1. The molecule has 1 unspecified atom stereocenters. The Morgan fingerprint density at radius 1 is 0.939 bits per heavy atom. The Hall–Kier alpha value is -3.34. The highest BCUT2D eigenvalue weighted by molar-refractivity contribution is 6.01. The lowest BCUT2D eigenvalue weighted by Crippen LogP contribution is -2.41. The van der Waals surface area contributed by atoms with E-state index in [1.165, 1.54) is 6.07 Å². The van der Waals surface area contributed by atoms with Crippen LogP contribution in [0.1, 0.15) is 73.9 Å². The van der Waals surface area contributed by atoms with E-state index in [1.807, 2.05) is 24.3 Å². The van der Waals surface area contributed by atoms with Gasteiger partial charge in [0.15, 0.2) is 11.4 Å². The predicted molar refractivity (Wildman–Crippen MR) is 124 cm³/mol. The largest absolute Gasteiger partial charge is 0.508 e. The second-order valence-electron chi connectivity index (χ2n) is 9.19. The average Bonchev–Trinajstić information content (AvgIpc) is 3.10. The molecular weight excluding hydrogens is 416 g/mol. The summed E-state index contributed by atoms with van der Waals surface area (Å²) in [6.45, 7) is 4.25. The van der Waals surface area contributed by atoms with Gasteiger partial charge in [-0.15, -0.1) is 0 Å². The number of phenolic OH excluding ortho intramolecular Hbond substituents is 1. The Kier molecular flexibility index (Phi) is 5.15. The van der Waals surface area contributed by atoms with Crippen molar-refractivity contribution in [2.75, 3.05) is 0 Å². The highest BCUT2D eigenvalue weighted by atomic mass is 16.6. The molecule has 1 spiro atoms. The van der Waals surface area contributed by atoms with E-state index in [0.717, 1.165) is 44.1 Å². The molecule has 2 heterocycles. The maximum absolute atomic E-state index is 13.5. The van der Waals surface area contributed by atoms with Crippen LogP contribution >= 0.6 is 0 Å². The van der Waals surface area contributed by atoms with E-state index in [0.29, 0.717) is 28.2 Å². The Labute approximate surface area is 193 Å². The monoisotopic (exact) mass is 444 g/mol. The Balaban J connectivity index is 1.79. The molecule has 3 aliphatic rings. The topological polar surface area (TPSA) is 72.8 Å². The molecule has 0 fully saturated rings. The number of benzene rings is 2. The van der Waals surface area contributed by atoms with Gasteiger partial charge in [-0.3, -0.25) is 4.79 Å². The molecule has 170 valence electrons. The van der Waals surface area contributed by atoms with E-state index in [2.05, 4.69) is 13.8 Å². The maximum atomic E-state index is 13.5. The van der Waals surface area contributed by atoms with E-state index >= 15 is 0 Å². The number of carbonyl (C=O) groups is 2. The molecule has 5 heteroatoms. The lowest BCUT2D eigenvalue weighted by Gasteiger charge is -2.42. The molecule has 0 saturated carbocycles. The summed E-state index contributed by atoms with van der Waals surface area (Å²) in [6.07, 6.45) is 8.91. The van der Waals surface area contributed by atoms with Gasteiger partial charge in [-0.1, -0.05) is 63.8 Å². The zero-order valence-corrected chi connectivity index (χ0v) is 19.0. The smallest absolute Gasteiger partial charge is 0.340 e. The number of hydrogen-bond donors (Lipinski definition) is 1. The summed E-state index contributed by atoms with van der Waals surface area (Å²) in [7, 11) is 0. The summed E-state index contributed by atoms with van der Waals surface area (Å²) in [5.74, 6) is 0.421. The van der Waals surface area contributed by atoms with Gasteiger partial charge in [-0.05, 0) is 31.0 Å². The van der Waals surface area contributed by atoms with Gasteiger partial charge < -0.3 is 14.6 Å². The summed E-state index contributed by atoms with van der Waals surface area (Å²) < 4.78 is 12.4. The molecule has 1 N–H and O–H groups in total. The van der Waals surface area contributed by atoms with E-state index < -0.39 is 17.0 Å². The van der Waals surface area contributed by atoms with Gasteiger partial charge in [0, 0.05) is 28.8 Å². The number of esters is 1. The number of aromatic hydroxyl groups is 1. The molecule has 1 atom stereocenters. The summed E-state index contributed by atoms with van der Waals surface area (Å²) in [4.78, 5) is 26.6. The zero-order chi connectivity index (χ0) is 23.2. The van der Waals surface area contributed by atoms with Crippen molar-refractivity contribution in [2.24, 2.45) is 5.41 Å². The van der Waals surface area contributed by atoms with Gasteiger partial charge in [-0.2, -0.15) is 0 Å². The lowest BCUT2D eigenvalue weighted by molar-refractivity contribution is -0.122. The van der Waals surface area contributed by atoms with Gasteiger partial charge in [0.05, 0.1) is 11.0 Å². The van der Waals surface area contributed by atoms with Crippen molar-refractivity contribution in [3.8, 4) is 11.5 Å². The molecule has 33 heavy (non-hydrogen) atoms. The van der Waals surface area contributed by atoms with Crippen LogP contribution in [0.25, 0.3) is 0 Å². The van der Waals surface area contributed by atoms with E-state index in [4.69, 9.17) is 9.47 Å². The van der Waals surface area contributed by atoms with Crippen LogP contribution in [0.15, 0.2) is 65.9 Å². The first-order chi connectivity index (χ1) is 15.9. The average molecular weight is 445 g/mol. The van der Waals surface area contributed by atoms with E-state index in [-0.39, 0.29) is 11.5 Å². The first kappa shape index (κ1) is 21.5. The minimum absolute atomic E-state index is 0.0273. The molecule has 0 aromatic heterocycles. The fourth-order valence-corrected chi connectivity index (χ4v) is 5.39. The Morgan fingerprint density at radius 2 is 1.67 bits per heavy atom. The summed E-state index contributed by atoms with van der Waals surface area (Å²) in [6, 6.07) is 12.2. The standard InChI is InChI=1S/C28H28O5/c1-3-5-13-27(14-6-4-2)17-22-24(16-25(27)30)32-23-15-18(29)11-12-21(23)28(22)20-10-8-7-9-19(20)26(31)33-28/h7-12,15-17,29H,3-6,13-14H2,1-2H3. The van der Waals surface area contributed by atoms with E-state index in [1.54, 1.807) is 24.3 Å². The van der Waals surface area contributed by atoms with Gasteiger partial charge in [-0.25, -0.2) is 4.79 Å². The van der Waals surface area contributed by atoms with Crippen LogP contribution in [0, 0.1) is 5.41 Å². The number of fused-ring (bicyclic) bond motifs is 6. The second kappa shape index (κ2) is 7.91. The third-order valence-electron chi connectivity index (χ3n) is 7.11. The van der Waals surface area contributed by atoms with Crippen LogP contribution in [0.2, 0.25) is 0 Å². The zero-order valence-electron chi connectivity index (χ0n) is 19.0. The van der Waals surface area contributed by atoms with Gasteiger partial charge in [0.2, 0.25) is 0 Å². The number of ketones is 1. The van der Waals surface area contributed by atoms with Gasteiger partial charge in [0.25, 0.3) is 0 Å². The molecule has 0 bridgehead atoms. The molecule has 0 saturated heterocycles. The van der Waals surface area contributed by atoms with Crippen LogP contribution < -0.4 is 4.74 Å². The Bertz CT molecular complexity index is 1200. The molecule has 2 aromatic rings. The highest BCUT2D eigenvalue weighted by Gasteiger charge is 2.57.